The number of hydrogen-bond donors (Lipinski definition) is 1. The molecule has 0 aliphatic carbocycles. The lowest BCUT2D eigenvalue weighted by molar-refractivity contribution is 0.392. The molecular formula is C12H15N3O2S. The zero-order valence-corrected chi connectivity index (χ0v) is 11.2. The van der Waals surface area contributed by atoms with Crippen LogP contribution >= 0.6 is 11.8 Å². The molecule has 2 heterocycles. The first-order valence-electron chi connectivity index (χ1n) is 5.53. The van der Waals surface area contributed by atoms with Gasteiger partial charge in [0.25, 0.3) is 0 Å². The van der Waals surface area contributed by atoms with Gasteiger partial charge in [-0.15, -0.1) is 0 Å². The SMILES string of the molecule is Cc1noc(C)c1CSC(N)=NCc1ccco1. The molecule has 0 aliphatic rings. The third-order valence-electron chi connectivity index (χ3n) is 2.52. The molecule has 0 spiro atoms. The number of aryl methyl sites for hydroxylation is 2. The third-order valence-corrected chi connectivity index (χ3v) is 3.37. The number of nitrogens with zero attached hydrogens (tertiary/aromatic N) is 2. The van der Waals surface area contributed by atoms with Crippen molar-refractivity contribution in [3.05, 3.63) is 41.2 Å². The average molecular weight is 265 g/mol. The van der Waals surface area contributed by atoms with Crippen molar-refractivity contribution >= 4 is 16.9 Å². The van der Waals surface area contributed by atoms with Gasteiger partial charge >= 0.3 is 0 Å². The van der Waals surface area contributed by atoms with Gasteiger partial charge in [-0.1, -0.05) is 16.9 Å². The number of aliphatic imine (C=N–C) groups is 1. The molecule has 96 valence electrons. The average Bonchev–Trinajstić information content (AvgIpc) is 2.96. The van der Waals surface area contributed by atoms with Crippen molar-refractivity contribution in [2.24, 2.45) is 10.7 Å². The number of amidine groups is 1. The zero-order valence-electron chi connectivity index (χ0n) is 10.3. The number of thioether (sulfide) groups is 1. The highest BCUT2D eigenvalue weighted by molar-refractivity contribution is 8.13. The van der Waals surface area contributed by atoms with E-state index < -0.39 is 0 Å². The van der Waals surface area contributed by atoms with Gasteiger partial charge in [0.1, 0.15) is 11.5 Å². The van der Waals surface area contributed by atoms with Crippen molar-refractivity contribution in [2.45, 2.75) is 26.1 Å². The molecule has 0 saturated carbocycles. The van der Waals surface area contributed by atoms with Crippen molar-refractivity contribution in [2.75, 3.05) is 0 Å². The van der Waals surface area contributed by atoms with E-state index in [4.69, 9.17) is 14.7 Å². The summed E-state index contributed by atoms with van der Waals surface area (Å²) in [6.45, 7) is 4.28. The Kier molecular flexibility index (Phi) is 4.09. The summed E-state index contributed by atoms with van der Waals surface area (Å²) in [6, 6.07) is 3.70. The quantitative estimate of drug-likeness (QED) is 0.679. The van der Waals surface area contributed by atoms with Crippen LogP contribution in [0.15, 0.2) is 32.3 Å². The number of aromatic nitrogens is 1. The first-order chi connectivity index (χ1) is 8.66. The molecule has 0 unspecified atom stereocenters. The van der Waals surface area contributed by atoms with Gasteiger partial charge < -0.3 is 14.7 Å². The van der Waals surface area contributed by atoms with E-state index in [0.717, 1.165) is 22.8 Å². The minimum atomic E-state index is 0.466. The van der Waals surface area contributed by atoms with E-state index in [1.807, 2.05) is 26.0 Å². The van der Waals surface area contributed by atoms with Crippen LogP contribution < -0.4 is 5.73 Å². The molecule has 18 heavy (non-hydrogen) atoms. The Hall–Kier alpha value is -1.69. The lowest BCUT2D eigenvalue weighted by atomic mass is 10.2. The Morgan fingerprint density at radius 1 is 1.50 bits per heavy atom. The van der Waals surface area contributed by atoms with Crippen LogP contribution in [-0.4, -0.2) is 10.3 Å². The molecule has 2 aromatic rings. The molecule has 0 radical (unpaired) electrons. The summed E-state index contributed by atoms with van der Waals surface area (Å²) >= 11 is 1.47. The molecule has 0 aromatic carbocycles. The number of nitrogens with two attached hydrogens (primary N) is 1. The minimum absolute atomic E-state index is 0.466. The predicted octanol–water partition coefficient (Wildman–Crippen LogP) is 2.63. The van der Waals surface area contributed by atoms with Crippen molar-refractivity contribution < 1.29 is 8.94 Å². The van der Waals surface area contributed by atoms with Gasteiger partial charge in [0.2, 0.25) is 0 Å². The van der Waals surface area contributed by atoms with E-state index in [-0.39, 0.29) is 0 Å². The summed E-state index contributed by atoms with van der Waals surface area (Å²) in [6.07, 6.45) is 1.62. The second kappa shape index (κ2) is 5.77. The fourth-order valence-electron chi connectivity index (χ4n) is 1.46. The van der Waals surface area contributed by atoms with Crippen molar-refractivity contribution in [1.29, 1.82) is 0 Å². The van der Waals surface area contributed by atoms with Gasteiger partial charge in [-0.25, -0.2) is 0 Å². The highest BCUT2D eigenvalue weighted by atomic mass is 32.2. The lowest BCUT2D eigenvalue weighted by Crippen LogP contribution is -2.07. The number of furan rings is 1. The standard InChI is InChI=1S/C12H15N3O2S/c1-8-11(9(2)17-15-8)7-18-12(13)14-6-10-4-3-5-16-10/h3-5H,6-7H2,1-2H3,(H2,13,14). The van der Waals surface area contributed by atoms with Crippen LogP contribution in [0.25, 0.3) is 0 Å². The van der Waals surface area contributed by atoms with Crippen molar-refractivity contribution in [3.63, 3.8) is 0 Å². The molecule has 0 saturated heterocycles. The van der Waals surface area contributed by atoms with E-state index in [0.29, 0.717) is 17.5 Å². The predicted molar refractivity (Wildman–Crippen MR) is 71.3 cm³/mol. The van der Waals surface area contributed by atoms with Crippen LogP contribution in [0.1, 0.15) is 22.8 Å². The minimum Gasteiger partial charge on any atom is -0.467 e. The Morgan fingerprint density at radius 3 is 2.94 bits per heavy atom. The van der Waals surface area contributed by atoms with Gasteiger partial charge in [-0.05, 0) is 26.0 Å². The van der Waals surface area contributed by atoms with Crippen LogP contribution in [0.2, 0.25) is 0 Å². The first-order valence-corrected chi connectivity index (χ1v) is 6.52. The second-order valence-corrected chi connectivity index (χ2v) is 4.82. The molecule has 5 nitrogen and oxygen atoms in total. The third kappa shape index (κ3) is 3.16. The van der Waals surface area contributed by atoms with Crippen molar-refractivity contribution in [1.82, 2.24) is 5.16 Å². The molecule has 6 heteroatoms. The fourth-order valence-corrected chi connectivity index (χ4v) is 2.32. The monoisotopic (exact) mass is 265 g/mol. The highest BCUT2D eigenvalue weighted by Gasteiger charge is 2.09. The lowest BCUT2D eigenvalue weighted by Gasteiger charge is -2.00. The van der Waals surface area contributed by atoms with Crippen LogP contribution in [-0.2, 0) is 12.3 Å². The van der Waals surface area contributed by atoms with Gasteiger partial charge in [0.05, 0.1) is 18.5 Å². The summed E-state index contributed by atoms with van der Waals surface area (Å²) in [7, 11) is 0. The number of rotatable bonds is 4. The summed E-state index contributed by atoms with van der Waals surface area (Å²) in [5.41, 5.74) is 7.81. The van der Waals surface area contributed by atoms with E-state index >= 15 is 0 Å². The molecule has 2 aromatic heterocycles. The Morgan fingerprint density at radius 2 is 2.33 bits per heavy atom. The van der Waals surface area contributed by atoms with E-state index in [1.54, 1.807) is 6.26 Å². The highest BCUT2D eigenvalue weighted by Crippen LogP contribution is 2.19. The summed E-state index contributed by atoms with van der Waals surface area (Å²) in [5, 5.41) is 4.43. The van der Waals surface area contributed by atoms with E-state index in [2.05, 4.69) is 10.1 Å². The smallest absolute Gasteiger partial charge is 0.154 e. The first kappa shape index (κ1) is 12.8. The summed E-state index contributed by atoms with van der Waals surface area (Å²) in [4.78, 5) is 4.24. The molecule has 2 N–H and O–H groups in total. The normalized spacial score (nSPS) is 12.0. The molecular weight excluding hydrogens is 250 g/mol. The topological polar surface area (TPSA) is 77.5 Å². The van der Waals surface area contributed by atoms with Crippen LogP contribution in [0.5, 0.6) is 0 Å². The largest absolute Gasteiger partial charge is 0.467 e. The van der Waals surface area contributed by atoms with Gasteiger partial charge in [0, 0.05) is 11.3 Å². The molecule has 2 rings (SSSR count). The maximum absolute atomic E-state index is 5.83. The van der Waals surface area contributed by atoms with Gasteiger partial charge in [-0.2, -0.15) is 0 Å². The van der Waals surface area contributed by atoms with Crippen molar-refractivity contribution in [3.8, 4) is 0 Å². The Balaban J connectivity index is 1.88. The van der Waals surface area contributed by atoms with Gasteiger partial charge in [-0.3, -0.25) is 4.99 Å². The summed E-state index contributed by atoms with van der Waals surface area (Å²) < 4.78 is 10.3. The molecule has 0 fully saturated rings. The molecule has 0 bridgehead atoms. The second-order valence-electron chi connectivity index (χ2n) is 3.83. The Labute approximate surface area is 109 Å². The zero-order chi connectivity index (χ0) is 13.0. The summed E-state index contributed by atoms with van der Waals surface area (Å²) in [5.74, 6) is 2.35. The maximum Gasteiger partial charge on any atom is 0.154 e. The number of hydrogen-bond acceptors (Lipinski definition) is 5. The molecule has 0 amide bonds. The molecule has 0 atom stereocenters. The van der Waals surface area contributed by atoms with Gasteiger partial charge in [0.15, 0.2) is 5.17 Å². The Bertz CT molecular complexity index is 512. The fraction of sp³-hybridized carbons (Fsp3) is 0.333. The van der Waals surface area contributed by atoms with Crippen LogP contribution in [0.4, 0.5) is 0 Å². The van der Waals surface area contributed by atoms with Crippen LogP contribution in [0, 0.1) is 13.8 Å². The maximum atomic E-state index is 5.83. The van der Waals surface area contributed by atoms with Crippen LogP contribution in [0.3, 0.4) is 0 Å². The van der Waals surface area contributed by atoms with E-state index in [1.165, 1.54) is 11.8 Å². The van der Waals surface area contributed by atoms with E-state index in [9.17, 15) is 0 Å². The molecule has 0 aliphatic heterocycles.